The average Bonchev–Trinajstić information content (AvgIpc) is 3.71. The van der Waals surface area contributed by atoms with Gasteiger partial charge in [0.25, 0.3) is 5.56 Å². The Hall–Kier alpha value is -4.33. The zero-order valence-electron chi connectivity index (χ0n) is 28.4. The number of hydrogen-bond acceptors (Lipinski definition) is 8. The van der Waals surface area contributed by atoms with Crippen molar-refractivity contribution < 1.29 is 19.0 Å². The Morgan fingerprint density at radius 3 is 2.41 bits per heavy atom. The van der Waals surface area contributed by atoms with E-state index in [0.29, 0.717) is 87.2 Å². The third kappa shape index (κ3) is 6.98. The number of methoxy groups -OCH3 is 1. The van der Waals surface area contributed by atoms with Crippen LogP contribution in [0.5, 0.6) is 5.88 Å². The number of fused-ring (bicyclic) bond motifs is 1. The van der Waals surface area contributed by atoms with Gasteiger partial charge in [-0.1, -0.05) is 59.6 Å². The lowest BCUT2D eigenvalue weighted by molar-refractivity contribution is -0.119. The molecule has 1 aliphatic heterocycles. The summed E-state index contributed by atoms with van der Waals surface area (Å²) in [5.74, 6) is 0.211. The van der Waals surface area contributed by atoms with Crippen molar-refractivity contribution in [2.24, 2.45) is 7.05 Å². The fourth-order valence-electron chi connectivity index (χ4n) is 6.95. The molecule has 0 spiro atoms. The van der Waals surface area contributed by atoms with E-state index in [0.717, 1.165) is 6.42 Å². The first-order valence-electron chi connectivity index (χ1n) is 16.8. The highest BCUT2D eigenvalue weighted by Gasteiger charge is 2.38. The first kappa shape index (κ1) is 35.1. The number of nitrogens with zero attached hydrogens (tertiary/aromatic N) is 4. The number of carbonyl (C=O) groups excluding carboxylic acids is 1. The number of aromatic nitrogens is 4. The molecule has 11 nitrogen and oxygen atoms in total. The molecule has 2 fully saturated rings. The van der Waals surface area contributed by atoms with Crippen LogP contribution in [-0.2, 0) is 24.9 Å². The number of nitrogens with one attached hydrogen (secondary N) is 3. The van der Waals surface area contributed by atoms with Gasteiger partial charge in [-0.25, -0.2) is 13.9 Å². The number of benzene rings is 2. The Kier molecular flexibility index (Phi) is 9.63. The lowest BCUT2D eigenvalue weighted by Gasteiger charge is -2.41. The Morgan fingerprint density at radius 1 is 1.06 bits per heavy atom. The first-order valence-corrected chi connectivity index (χ1v) is 17.5. The quantitative estimate of drug-likeness (QED) is 0.145. The molecule has 266 valence electrons. The van der Waals surface area contributed by atoms with Crippen LogP contribution in [0, 0.1) is 5.82 Å². The second kappa shape index (κ2) is 14.0. The molecule has 3 aromatic heterocycles. The SMILES string of the molecule is COc1nc(-c2cccc(-c3cccc(-c4cc5c(=O)n(C)c(CN[C@H]6C[C@](C)(O)C6)nn5c4)c3Cl)c2Cl)cc(F)c1CNC[C@@H]1CCC(=O)N1. The smallest absolute Gasteiger partial charge is 0.277 e. The molecule has 0 bridgehead atoms. The molecule has 4 N–H and O–H groups in total. The Balaban J connectivity index is 1.16. The molecule has 2 aromatic carbocycles. The van der Waals surface area contributed by atoms with Gasteiger partial charge in [0.1, 0.15) is 17.2 Å². The summed E-state index contributed by atoms with van der Waals surface area (Å²) >= 11 is 14.1. The summed E-state index contributed by atoms with van der Waals surface area (Å²) < 4.78 is 24.1. The molecular weight excluding hydrogens is 696 g/mol. The van der Waals surface area contributed by atoms with E-state index in [9.17, 15) is 14.7 Å². The average molecular weight is 735 g/mol. The van der Waals surface area contributed by atoms with Crippen molar-refractivity contribution in [2.45, 2.75) is 63.4 Å². The molecule has 1 aliphatic carbocycles. The van der Waals surface area contributed by atoms with E-state index in [4.69, 9.17) is 33.0 Å². The van der Waals surface area contributed by atoms with Crippen LogP contribution in [-0.4, -0.2) is 61.5 Å². The summed E-state index contributed by atoms with van der Waals surface area (Å²) in [5.41, 5.74) is 3.25. The molecule has 2 aliphatic rings. The van der Waals surface area contributed by atoms with Crippen molar-refractivity contribution in [3.63, 3.8) is 0 Å². The molecule has 5 aromatic rings. The van der Waals surface area contributed by atoms with Gasteiger partial charge in [-0.3, -0.25) is 14.2 Å². The molecule has 1 atom stereocenters. The normalized spacial score (nSPS) is 20.1. The number of pyridine rings is 1. The van der Waals surface area contributed by atoms with Crippen LogP contribution in [0.3, 0.4) is 0 Å². The van der Waals surface area contributed by atoms with Gasteiger partial charge in [-0.05, 0) is 32.3 Å². The zero-order valence-corrected chi connectivity index (χ0v) is 29.9. The number of rotatable bonds is 11. The first-order chi connectivity index (χ1) is 24.4. The number of ether oxygens (including phenoxy) is 1. The molecule has 7 rings (SSSR count). The van der Waals surface area contributed by atoms with Crippen LogP contribution in [0.25, 0.3) is 39.0 Å². The minimum absolute atomic E-state index is 0.00422. The Bertz CT molecular complexity index is 2210. The highest BCUT2D eigenvalue weighted by Crippen LogP contribution is 2.43. The highest BCUT2D eigenvalue weighted by molar-refractivity contribution is 6.39. The molecular formula is C37H38Cl2FN7O4. The van der Waals surface area contributed by atoms with Crippen LogP contribution in [0.4, 0.5) is 4.39 Å². The van der Waals surface area contributed by atoms with Crippen LogP contribution in [0.15, 0.2) is 59.5 Å². The third-order valence-corrected chi connectivity index (χ3v) is 10.5. The molecule has 14 heteroatoms. The van der Waals surface area contributed by atoms with Crippen LogP contribution < -0.4 is 26.2 Å². The second-order valence-corrected chi connectivity index (χ2v) is 14.3. The van der Waals surface area contributed by atoms with Crippen molar-refractivity contribution in [1.29, 1.82) is 0 Å². The summed E-state index contributed by atoms with van der Waals surface area (Å²) in [7, 11) is 3.13. The van der Waals surface area contributed by atoms with Gasteiger partial charge in [-0.15, -0.1) is 0 Å². The van der Waals surface area contributed by atoms with Gasteiger partial charge in [0.15, 0.2) is 0 Å². The summed E-state index contributed by atoms with van der Waals surface area (Å²) in [4.78, 5) is 29.5. The summed E-state index contributed by atoms with van der Waals surface area (Å²) in [6.07, 6.45) is 4.29. The van der Waals surface area contributed by atoms with Gasteiger partial charge in [0.05, 0.1) is 40.6 Å². The van der Waals surface area contributed by atoms with Crippen molar-refractivity contribution in [3.8, 4) is 39.4 Å². The molecule has 51 heavy (non-hydrogen) atoms. The van der Waals surface area contributed by atoms with E-state index >= 15 is 4.39 Å². The van der Waals surface area contributed by atoms with E-state index < -0.39 is 11.4 Å². The van der Waals surface area contributed by atoms with Gasteiger partial charge in [0, 0.05) is 78.7 Å². The standard InChI is InChI=1S/C37H38Cl2FN7O4/c1-37(50)14-22(15-37)42-18-31-45-47-19-20(12-30(47)36(49)46(31)2)23-6-4-7-24(33(23)38)25-8-5-9-26(34(25)39)29-13-28(40)27(35(44-29)51-3)17-41-16-21-10-11-32(48)43-21/h4-9,12-13,19,21-22,41-42,50H,10-11,14-18H2,1-3H3,(H,43,48)/t21-,22-,37-/m0/s1. The van der Waals surface area contributed by atoms with Crippen LogP contribution >= 0.6 is 23.2 Å². The fourth-order valence-corrected chi connectivity index (χ4v) is 7.61. The van der Waals surface area contributed by atoms with Gasteiger partial charge in [0.2, 0.25) is 11.8 Å². The minimum atomic E-state index is -0.654. The second-order valence-electron chi connectivity index (χ2n) is 13.6. The Labute approximate surface area is 303 Å². The molecule has 1 amide bonds. The van der Waals surface area contributed by atoms with E-state index in [-0.39, 0.29) is 41.5 Å². The summed E-state index contributed by atoms with van der Waals surface area (Å²) in [5, 5.41) is 25.0. The largest absolute Gasteiger partial charge is 0.481 e. The van der Waals surface area contributed by atoms with Crippen LogP contribution in [0.2, 0.25) is 10.0 Å². The third-order valence-electron chi connectivity index (χ3n) is 9.73. The highest BCUT2D eigenvalue weighted by atomic mass is 35.5. The van der Waals surface area contributed by atoms with E-state index in [1.54, 1.807) is 36.0 Å². The van der Waals surface area contributed by atoms with Crippen molar-refractivity contribution in [2.75, 3.05) is 13.7 Å². The van der Waals surface area contributed by atoms with Crippen molar-refractivity contribution in [3.05, 3.63) is 92.3 Å². The number of carbonyl (C=O) groups is 1. The molecule has 1 saturated heterocycles. The van der Waals surface area contributed by atoms with Gasteiger partial charge < -0.3 is 25.8 Å². The fraction of sp³-hybridized carbons (Fsp3) is 0.351. The van der Waals surface area contributed by atoms with E-state index in [2.05, 4.69) is 20.9 Å². The zero-order chi connectivity index (χ0) is 36.0. The van der Waals surface area contributed by atoms with Gasteiger partial charge in [-0.2, -0.15) is 5.10 Å². The number of amides is 1. The maximum absolute atomic E-state index is 15.6. The van der Waals surface area contributed by atoms with E-state index in [1.165, 1.54) is 17.7 Å². The predicted octanol–water partition coefficient (Wildman–Crippen LogP) is 5.25. The Morgan fingerprint density at radius 2 is 1.75 bits per heavy atom. The van der Waals surface area contributed by atoms with Crippen molar-refractivity contribution >= 4 is 34.6 Å². The number of aliphatic hydroxyl groups is 1. The lowest BCUT2D eigenvalue weighted by atomic mass is 9.77. The topological polar surface area (TPSA) is 135 Å². The maximum Gasteiger partial charge on any atom is 0.277 e. The number of halogens is 3. The van der Waals surface area contributed by atoms with Crippen molar-refractivity contribution in [1.82, 2.24) is 35.1 Å². The minimum Gasteiger partial charge on any atom is -0.481 e. The summed E-state index contributed by atoms with van der Waals surface area (Å²) in [6, 6.07) is 14.2. The van der Waals surface area contributed by atoms with Crippen LogP contribution in [0.1, 0.15) is 44.0 Å². The van der Waals surface area contributed by atoms with E-state index in [1.807, 2.05) is 31.2 Å². The molecule has 0 radical (unpaired) electrons. The molecule has 1 saturated carbocycles. The monoisotopic (exact) mass is 733 g/mol. The maximum atomic E-state index is 15.6. The van der Waals surface area contributed by atoms with Gasteiger partial charge >= 0.3 is 0 Å². The molecule has 0 unspecified atom stereocenters. The predicted molar refractivity (Wildman–Crippen MR) is 194 cm³/mol. The molecule has 4 heterocycles. The number of hydrogen-bond donors (Lipinski definition) is 4. The lowest BCUT2D eigenvalue weighted by Crippen LogP contribution is -2.51. The summed E-state index contributed by atoms with van der Waals surface area (Å²) in [6.45, 7) is 2.87.